The molecule has 2 saturated heterocycles. The maximum absolute atomic E-state index is 13.8. The summed E-state index contributed by atoms with van der Waals surface area (Å²) in [5.74, 6) is 2.26. The standard InChI is InChI=1S/C31H37N7O4S/c1-3-43(40,41)35-16-22(17-35)38-28-23(11-21(13-26(28)42-2)31(39)37-15-20-8-9-24(37)27(20)32)34-30(38)25-12-19-5-4-10-33-29(19)36(25)14-18-6-7-18/h4-5,10-13,18,20,22,24,27H,3,6-9,14-17,32H2,1-2H3/t20?,24?,27-/m1/s1. The second-order valence-corrected chi connectivity index (χ2v) is 14.9. The summed E-state index contributed by atoms with van der Waals surface area (Å²) >= 11 is 0. The SMILES string of the molecule is CCS(=O)(=O)N1CC(n2c(-c3cc4cccnc4n3CC3CC3)nc3cc(C(=O)N4CC5CCC4[C@@H]5N)cc(OC)c32)C1. The number of ether oxygens (including phenoxy) is 1. The Bertz CT molecular complexity index is 1870. The molecule has 226 valence electrons. The van der Waals surface area contributed by atoms with Crippen molar-refractivity contribution in [3.05, 3.63) is 42.1 Å². The van der Waals surface area contributed by atoms with E-state index in [0.717, 1.165) is 47.5 Å². The molecule has 11 nitrogen and oxygen atoms in total. The van der Waals surface area contributed by atoms with E-state index in [1.807, 2.05) is 29.3 Å². The fourth-order valence-electron chi connectivity index (χ4n) is 7.46. The topological polar surface area (TPSA) is 129 Å². The first-order chi connectivity index (χ1) is 20.8. The second kappa shape index (κ2) is 9.76. The van der Waals surface area contributed by atoms with Gasteiger partial charge in [0.1, 0.15) is 16.9 Å². The van der Waals surface area contributed by atoms with Gasteiger partial charge in [-0.2, -0.15) is 4.31 Å². The molecule has 2 unspecified atom stereocenters. The van der Waals surface area contributed by atoms with Gasteiger partial charge in [0.15, 0.2) is 5.82 Å². The van der Waals surface area contributed by atoms with Crippen LogP contribution in [0.4, 0.5) is 0 Å². The third kappa shape index (κ3) is 4.21. The molecule has 2 N–H and O–H groups in total. The first kappa shape index (κ1) is 27.1. The molecule has 5 heterocycles. The van der Waals surface area contributed by atoms with Crippen LogP contribution in [0.25, 0.3) is 33.6 Å². The van der Waals surface area contributed by atoms with Crippen molar-refractivity contribution in [3.63, 3.8) is 0 Å². The maximum atomic E-state index is 13.8. The highest BCUT2D eigenvalue weighted by Gasteiger charge is 2.47. The summed E-state index contributed by atoms with van der Waals surface area (Å²) in [5.41, 5.74) is 10.2. The number of nitrogens with zero attached hydrogens (tertiary/aromatic N) is 6. The van der Waals surface area contributed by atoms with Gasteiger partial charge in [0.2, 0.25) is 10.0 Å². The quantitative estimate of drug-likeness (QED) is 0.327. The highest BCUT2D eigenvalue weighted by Crippen LogP contribution is 2.42. The molecule has 1 amide bonds. The van der Waals surface area contributed by atoms with Gasteiger partial charge >= 0.3 is 0 Å². The van der Waals surface area contributed by atoms with Gasteiger partial charge in [0, 0.05) is 55.4 Å². The molecule has 2 saturated carbocycles. The molecule has 4 aromatic rings. The van der Waals surface area contributed by atoms with Gasteiger partial charge in [0.25, 0.3) is 5.91 Å². The van der Waals surface area contributed by atoms with Crippen LogP contribution in [0.3, 0.4) is 0 Å². The Balaban J connectivity index is 1.29. The molecule has 43 heavy (non-hydrogen) atoms. The van der Waals surface area contributed by atoms with Gasteiger partial charge < -0.3 is 24.5 Å². The Hall–Kier alpha value is -3.48. The van der Waals surface area contributed by atoms with Gasteiger partial charge in [-0.1, -0.05) is 0 Å². The number of methoxy groups -OCH3 is 1. The van der Waals surface area contributed by atoms with E-state index in [9.17, 15) is 13.2 Å². The van der Waals surface area contributed by atoms with E-state index in [1.165, 1.54) is 17.1 Å². The molecular weight excluding hydrogens is 566 g/mol. The lowest BCUT2D eigenvalue weighted by Crippen LogP contribution is -2.51. The first-order valence-electron chi connectivity index (χ1n) is 15.4. The normalized spacial score (nSPS) is 24.3. The molecule has 1 aromatic carbocycles. The van der Waals surface area contributed by atoms with Gasteiger partial charge in [-0.3, -0.25) is 4.79 Å². The number of imidazole rings is 1. The molecule has 0 spiro atoms. The van der Waals surface area contributed by atoms with Crippen LogP contribution in [0.15, 0.2) is 36.5 Å². The number of piperidine rings is 1. The Morgan fingerprint density at radius 3 is 2.60 bits per heavy atom. The lowest BCUT2D eigenvalue weighted by molar-refractivity contribution is 0.0700. The van der Waals surface area contributed by atoms with Crippen LogP contribution in [0.5, 0.6) is 5.75 Å². The maximum Gasteiger partial charge on any atom is 0.254 e. The van der Waals surface area contributed by atoms with Crippen molar-refractivity contribution in [2.75, 3.05) is 32.5 Å². The van der Waals surface area contributed by atoms with E-state index in [0.29, 0.717) is 48.3 Å². The summed E-state index contributed by atoms with van der Waals surface area (Å²) < 4.78 is 37.2. The van der Waals surface area contributed by atoms with E-state index < -0.39 is 10.0 Å². The monoisotopic (exact) mass is 603 g/mol. The van der Waals surface area contributed by atoms with E-state index in [-0.39, 0.29) is 29.8 Å². The summed E-state index contributed by atoms with van der Waals surface area (Å²) in [6.45, 7) is 3.91. The van der Waals surface area contributed by atoms with Crippen molar-refractivity contribution in [1.82, 2.24) is 28.3 Å². The molecular formula is C31H37N7O4S. The first-order valence-corrected chi connectivity index (χ1v) is 17.0. The smallest absolute Gasteiger partial charge is 0.254 e. The van der Waals surface area contributed by atoms with Gasteiger partial charge in [-0.05, 0) is 74.8 Å². The summed E-state index contributed by atoms with van der Waals surface area (Å²) in [5, 5.41) is 1.03. The summed E-state index contributed by atoms with van der Waals surface area (Å²) in [6, 6.07) is 9.77. The Labute approximate surface area is 250 Å². The number of carbonyl (C=O) groups excluding carboxylic acids is 1. The molecule has 0 radical (unpaired) electrons. The molecule has 2 bridgehead atoms. The van der Waals surface area contributed by atoms with Crippen molar-refractivity contribution in [1.29, 1.82) is 0 Å². The van der Waals surface area contributed by atoms with Gasteiger partial charge in [-0.15, -0.1) is 0 Å². The second-order valence-electron chi connectivity index (χ2n) is 12.7. The highest BCUT2D eigenvalue weighted by atomic mass is 32.2. The van der Waals surface area contributed by atoms with Crippen LogP contribution in [-0.2, 0) is 16.6 Å². The van der Waals surface area contributed by atoms with Crippen molar-refractivity contribution in [2.24, 2.45) is 17.6 Å². The average molecular weight is 604 g/mol. The zero-order valence-corrected chi connectivity index (χ0v) is 25.3. The molecule has 2 aliphatic heterocycles. The minimum Gasteiger partial charge on any atom is -0.494 e. The predicted octanol–water partition coefficient (Wildman–Crippen LogP) is 3.24. The van der Waals surface area contributed by atoms with Crippen LogP contribution in [0, 0.1) is 11.8 Å². The molecule has 12 heteroatoms. The van der Waals surface area contributed by atoms with E-state index >= 15 is 0 Å². The van der Waals surface area contributed by atoms with Crippen LogP contribution in [0.1, 0.15) is 49.0 Å². The highest BCUT2D eigenvalue weighted by molar-refractivity contribution is 7.89. The zero-order valence-electron chi connectivity index (χ0n) is 24.5. The van der Waals surface area contributed by atoms with Crippen molar-refractivity contribution >= 4 is 38.0 Å². The summed E-state index contributed by atoms with van der Waals surface area (Å²) in [7, 11) is -1.70. The number of pyridine rings is 1. The number of benzene rings is 1. The molecule has 3 aromatic heterocycles. The fraction of sp³-hybridized carbons (Fsp3) is 0.516. The number of nitrogens with two attached hydrogens (primary N) is 1. The number of likely N-dealkylation sites (tertiary alicyclic amines) is 1. The Morgan fingerprint density at radius 2 is 1.93 bits per heavy atom. The number of rotatable bonds is 8. The van der Waals surface area contributed by atoms with Gasteiger partial charge in [-0.25, -0.2) is 18.4 Å². The van der Waals surface area contributed by atoms with Crippen LogP contribution < -0.4 is 10.5 Å². The number of amides is 1. The number of hydrogen-bond donors (Lipinski definition) is 1. The van der Waals surface area contributed by atoms with Crippen LogP contribution in [-0.4, -0.2) is 87.2 Å². The third-order valence-electron chi connectivity index (χ3n) is 10.1. The van der Waals surface area contributed by atoms with Crippen LogP contribution in [0.2, 0.25) is 0 Å². The Kier molecular flexibility index (Phi) is 6.15. The molecule has 8 rings (SSSR count). The zero-order chi connectivity index (χ0) is 29.6. The summed E-state index contributed by atoms with van der Waals surface area (Å²) in [6.07, 6.45) is 6.21. The van der Waals surface area contributed by atoms with Crippen LogP contribution >= 0.6 is 0 Å². The lowest BCUT2D eigenvalue weighted by atomic mass is 10.1. The molecule has 2 aliphatic carbocycles. The fourth-order valence-corrected chi connectivity index (χ4v) is 8.63. The van der Waals surface area contributed by atoms with Gasteiger partial charge in [0.05, 0.1) is 30.1 Å². The minimum atomic E-state index is -3.31. The van der Waals surface area contributed by atoms with E-state index in [4.69, 9.17) is 20.4 Å². The number of fused-ring (bicyclic) bond motifs is 4. The summed E-state index contributed by atoms with van der Waals surface area (Å²) in [4.78, 5) is 25.7. The largest absolute Gasteiger partial charge is 0.494 e. The van der Waals surface area contributed by atoms with Crippen molar-refractivity contribution in [2.45, 2.75) is 57.3 Å². The van der Waals surface area contributed by atoms with E-state index in [1.54, 1.807) is 14.0 Å². The molecule has 4 aliphatic rings. The molecule has 3 atom stereocenters. The average Bonchev–Trinajstić information content (AvgIpc) is 3.33. The Morgan fingerprint density at radius 1 is 1.12 bits per heavy atom. The number of hydrogen-bond acceptors (Lipinski definition) is 7. The third-order valence-corrected chi connectivity index (χ3v) is 11.9. The predicted molar refractivity (Wildman–Crippen MR) is 163 cm³/mol. The number of aromatic nitrogens is 4. The number of sulfonamides is 1. The van der Waals surface area contributed by atoms with E-state index in [2.05, 4.69) is 21.3 Å². The lowest BCUT2D eigenvalue weighted by Gasteiger charge is -2.39. The molecule has 4 fully saturated rings. The number of carbonyl (C=O) groups is 1. The van der Waals surface area contributed by atoms with Crippen molar-refractivity contribution in [3.8, 4) is 17.3 Å². The minimum absolute atomic E-state index is 0.0309. The van der Waals surface area contributed by atoms with Crippen molar-refractivity contribution < 1.29 is 17.9 Å².